The topological polar surface area (TPSA) is 90.0 Å². The van der Waals surface area contributed by atoms with Gasteiger partial charge in [-0.1, -0.05) is 35.9 Å². The SMILES string of the molecule is Cc1ccc(-c2sc(C3CC3)nc2C(=O)N2CCCC[C@H]2CNC(=O)Oc2cccc3c2OCCO3)cc1. The number of amides is 2. The number of nitrogens with zero attached hydrogens (tertiary/aromatic N) is 2. The van der Waals surface area contributed by atoms with E-state index >= 15 is 0 Å². The van der Waals surface area contributed by atoms with E-state index < -0.39 is 6.09 Å². The first-order valence-electron chi connectivity index (χ1n) is 13.3. The number of aromatic nitrogens is 1. The third-order valence-electron chi connectivity index (χ3n) is 7.19. The van der Waals surface area contributed by atoms with E-state index in [9.17, 15) is 9.59 Å². The second-order valence-corrected chi connectivity index (χ2v) is 11.1. The molecule has 1 aliphatic carbocycles. The van der Waals surface area contributed by atoms with Gasteiger partial charge in [0.25, 0.3) is 5.91 Å². The molecular weight excluding hydrogens is 502 g/mol. The first kappa shape index (κ1) is 24.7. The van der Waals surface area contributed by atoms with Crippen LogP contribution in [0.2, 0.25) is 0 Å². The van der Waals surface area contributed by atoms with Gasteiger partial charge in [-0.2, -0.15) is 0 Å². The normalized spacial score (nSPS) is 18.7. The van der Waals surface area contributed by atoms with Crippen molar-refractivity contribution < 1.29 is 23.8 Å². The predicted molar refractivity (Wildman–Crippen MR) is 144 cm³/mol. The lowest BCUT2D eigenvalue weighted by Crippen LogP contribution is -2.50. The number of rotatable bonds is 6. The van der Waals surface area contributed by atoms with Crippen LogP contribution >= 0.6 is 11.3 Å². The number of likely N-dealkylation sites (tertiary alicyclic amines) is 1. The highest BCUT2D eigenvalue weighted by molar-refractivity contribution is 7.15. The quantitative estimate of drug-likeness (QED) is 0.447. The minimum atomic E-state index is -0.587. The number of hydrogen-bond donors (Lipinski definition) is 1. The van der Waals surface area contributed by atoms with Crippen molar-refractivity contribution in [3.8, 4) is 27.7 Å². The Morgan fingerprint density at radius 1 is 1.08 bits per heavy atom. The zero-order valence-electron chi connectivity index (χ0n) is 21.4. The van der Waals surface area contributed by atoms with E-state index in [-0.39, 0.29) is 11.9 Å². The largest absolute Gasteiger partial charge is 0.486 e. The molecule has 198 valence electrons. The second-order valence-electron chi connectivity index (χ2n) is 10.1. The van der Waals surface area contributed by atoms with Crippen LogP contribution in [0, 0.1) is 6.92 Å². The van der Waals surface area contributed by atoms with E-state index in [1.165, 1.54) is 5.56 Å². The van der Waals surface area contributed by atoms with Gasteiger partial charge in [0.05, 0.1) is 9.88 Å². The molecule has 0 bridgehead atoms. The summed E-state index contributed by atoms with van der Waals surface area (Å²) in [5, 5.41) is 3.91. The molecule has 1 saturated heterocycles. The number of para-hydroxylation sites is 1. The lowest BCUT2D eigenvalue weighted by atomic mass is 10.0. The van der Waals surface area contributed by atoms with Crippen LogP contribution in [0.5, 0.6) is 17.2 Å². The Kier molecular flexibility index (Phi) is 6.93. The fourth-order valence-electron chi connectivity index (χ4n) is 4.97. The van der Waals surface area contributed by atoms with Gasteiger partial charge in [0.15, 0.2) is 11.5 Å². The average molecular weight is 534 g/mol. The minimum absolute atomic E-state index is 0.0636. The maximum atomic E-state index is 13.9. The summed E-state index contributed by atoms with van der Waals surface area (Å²) < 4.78 is 16.7. The molecule has 8 nitrogen and oxygen atoms in total. The summed E-state index contributed by atoms with van der Waals surface area (Å²) in [5.74, 6) is 1.71. The molecule has 9 heteroatoms. The summed E-state index contributed by atoms with van der Waals surface area (Å²) in [7, 11) is 0. The molecular formula is C29H31N3O5S. The van der Waals surface area contributed by atoms with Crippen LogP contribution < -0.4 is 19.5 Å². The molecule has 0 radical (unpaired) electrons. The van der Waals surface area contributed by atoms with E-state index in [1.54, 1.807) is 29.5 Å². The standard InChI is InChI=1S/C29H31N3O5S/c1-18-8-10-19(11-9-18)26-24(31-27(38-26)20-12-13-20)28(33)32-14-3-2-5-21(32)17-30-29(34)37-23-7-4-6-22-25(23)36-16-15-35-22/h4,6-11,20-21H,2-3,5,12-17H2,1H3,(H,30,34)/t21-/m0/s1. The highest BCUT2D eigenvalue weighted by atomic mass is 32.1. The molecule has 2 amide bonds. The number of carbonyl (C=O) groups excluding carboxylic acids is 2. The average Bonchev–Trinajstić information content (AvgIpc) is 3.71. The molecule has 1 aromatic heterocycles. The van der Waals surface area contributed by atoms with E-state index in [1.807, 2.05) is 4.90 Å². The number of aryl methyl sites for hydroxylation is 1. The molecule has 38 heavy (non-hydrogen) atoms. The molecule has 2 aromatic carbocycles. The highest BCUT2D eigenvalue weighted by Crippen LogP contribution is 2.45. The smallest absolute Gasteiger partial charge is 0.412 e. The summed E-state index contributed by atoms with van der Waals surface area (Å²) >= 11 is 1.64. The summed E-state index contributed by atoms with van der Waals surface area (Å²) in [6, 6.07) is 13.4. The summed E-state index contributed by atoms with van der Waals surface area (Å²) in [5.41, 5.74) is 2.73. The van der Waals surface area contributed by atoms with Crippen LogP contribution in [0.15, 0.2) is 42.5 Å². The van der Waals surface area contributed by atoms with Crippen molar-refractivity contribution in [3.05, 3.63) is 58.7 Å². The van der Waals surface area contributed by atoms with Gasteiger partial charge in [-0.15, -0.1) is 11.3 Å². The highest BCUT2D eigenvalue weighted by Gasteiger charge is 2.34. The van der Waals surface area contributed by atoms with Crippen molar-refractivity contribution >= 4 is 23.3 Å². The van der Waals surface area contributed by atoms with Crippen molar-refractivity contribution in [3.63, 3.8) is 0 Å². The van der Waals surface area contributed by atoms with Gasteiger partial charge in [-0.3, -0.25) is 4.79 Å². The van der Waals surface area contributed by atoms with E-state index in [0.717, 1.165) is 47.6 Å². The molecule has 0 unspecified atom stereocenters. The number of nitrogens with one attached hydrogen (secondary N) is 1. The number of benzene rings is 2. The first-order valence-corrected chi connectivity index (χ1v) is 14.1. The number of fused-ring (bicyclic) bond motifs is 1. The molecule has 2 aliphatic heterocycles. The molecule has 3 heterocycles. The van der Waals surface area contributed by atoms with Crippen molar-refractivity contribution in [2.24, 2.45) is 0 Å². The van der Waals surface area contributed by atoms with Crippen molar-refractivity contribution in [2.45, 2.75) is 51.0 Å². The Morgan fingerprint density at radius 3 is 2.71 bits per heavy atom. The summed E-state index contributed by atoms with van der Waals surface area (Å²) in [6.07, 6.45) is 4.42. The molecule has 1 saturated carbocycles. The van der Waals surface area contributed by atoms with Gasteiger partial charge in [-0.25, -0.2) is 9.78 Å². The zero-order valence-corrected chi connectivity index (χ0v) is 22.2. The maximum absolute atomic E-state index is 13.9. The van der Waals surface area contributed by atoms with Crippen LogP contribution in [0.4, 0.5) is 4.79 Å². The molecule has 2 fully saturated rings. The van der Waals surface area contributed by atoms with Crippen LogP contribution in [0.3, 0.4) is 0 Å². The summed E-state index contributed by atoms with van der Waals surface area (Å²) in [4.78, 5) is 34.3. The number of thiazole rings is 1. The number of carbonyl (C=O) groups is 2. The number of hydrogen-bond acceptors (Lipinski definition) is 7. The molecule has 1 N–H and O–H groups in total. The molecule has 1 atom stereocenters. The fraction of sp³-hybridized carbons (Fsp3) is 0.414. The Hall–Kier alpha value is -3.59. The monoisotopic (exact) mass is 533 g/mol. The fourth-order valence-corrected chi connectivity index (χ4v) is 6.20. The maximum Gasteiger partial charge on any atom is 0.412 e. The van der Waals surface area contributed by atoms with Gasteiger partial charge in [0.1, 0.15) is 18.9 Å². The Labute approximate surface area is 225 Å². The second kappa shape index (κ2) is 10.6. The molecule has 3 aliphatic rings. The van der Waals surface area contributed by atoms with Gasteiger partial charge >= 0.3 is 6.09 Å². The van der Waals surface area contributed by atoms with Crippen LogP contribution in [-0.2, 0) is 0 Å². The third-order valence-corrected chi connectivity index (χ3v) is 8.46. The predicted octanol–water partition coefficient (Wildman–Crippen LogP) is 5.55. The van der Waals surface area contributed by atoms with Crippen molar-refractivity contribution in [1.29, 1.82) is 0 Å². The third kappa shape index (κ3) is 5.20. The van der Waals surface area contributed by atoms with Crippen LogP contribution in [0.25, 0.3) is 10.4 Å². The first-order chi connectivity index (χ1) is 18.6. The summed E-state index contributed by atoms with van der Waals surface area (Å²) in [6.45, 7) is 3.86. The van der Waals surface area contributed by atoms with Crippen molar-refractivity contribution in [2.75, 3.05) is 26.3 Å². The lowest BCUT2D eigenvalue weighted by Gasteiger charge is -2.35. The zero-order chi connectivity index (χ0) is 26.1. The van der Waals surface area contributed by atoms with E-state index in [0.29, 0.717) is 55.2 Å². The molecule has 0 spiro atoms. The molecule has 6 rings (SSSR count). The van der Waals surface area contributed by atoms with Gasteiger partial charge in [0.2, 0.25) is 5.75 Å². The number of ether oxygens (including phenoxy) is 3. The Balaban J connectivity index is 1.17. The van der Waals surface area contributed by atoms with Gasteiger partial charge in [0, 0.05) is 25.0 Å². The number of piperidine rings is 1. The Morgan fingerprint density at radius 2 is 1.89 bits per heavy atom. The minimum Gasteiger partial charge on any atom is -0.486 e. The van der Waals surface area contributed by atoms with E-state index in [2.05, 4.69) is 36.5 Å². The lowest BCUT2D eigenvalue weighted by molar-refractivity contribution is 0.0607. The van der Waals surface area contributed by atoms with Crippen molar-refractivity contribution in [1.82, 2.24) is 15.2 Å². The molecule has 3 aromatic rings. The van der Waals surface area contributed by atoms with Crippen LogP contribution in [0.1, 0.15) is 59.1 Å². The van der Waals surface area contributed by atoms with Gasteiger partial charge in [-0.05, 0) is 56.7 Å². The Bertz CT molecular complexity index is 1330. The van der Waals surface area contributed by atoms with E-state index in [4.69, 9.17) is 19.2 Å². The van der Waals surface area contributed by atoms with Crippen LogP contribution in [-0.4, -0.2) is 54.2 Å². The van der Waals surface area contributed by atoms with Gasteiger partial charge < -0.3 is 24.4 Å².